The zero-order valence-electron chi connectivity index (χ0n) is 14.5. The molecule has 0 aliphatic rings. The predicted molar refractivity (Wildman–Crippen MR) is 107 cm³/mol. The summed E-state index contributed by atoms with van der Waals surface area (Å²) in [4.78, 5) is 12.3. The fourth-order valence-electron chi connectivity index (χ4n) is 2.38. The van der Waals surface area contributed by atoms with E-state index < -0.39 is 0 Å². The van der Waals surface area contributed by atoms with Crippen LogP contribution in [0.3, 0.4) is 0 Å². The third-order valence-electron chi connectivity index (χ3n) is 3.65. The van der Waals surface area contributed by atoms with Crippen LogP contribution in [0.2, 0.25) is 10.0 Å². The van der Waals surface area contributed by atoms with Crippen LogP contribution in [0.1, 0.15) is 5.56 Å². The summed E-state index contributed by atoms with van der Waals surface area (Å²) in [6.07, 6.45) is 0.164. The molecule has 0 saturated carbocycles. The van der Waals surface area contributed by atoms with Crippen LogP contribution in [0.5, 0.6) is 11.5 Å². The van der Waals surface area contributed by atoms with Gasteiger partial charge in [-0.1, -0.05) is 40.6 Å². The van der Waals surface area contributed by atoms with Crippen molar-refractivity contribution in [2.45, 2.75) is 6.42 Å². The number of nitrogens with one attached hydrogen (secondary N) is 1. The van der Waals surface area contributed by atoms with Crippen molar-refractivity contribution in [3.05, 3.63) is 52.0 Å². The van der Waals surface area contributed by atoms with E-state index in [1.54, 1.807) is 50.6 Å². The van der Waals surface area contributed by atoms with Crippen LogP contribution in [0.15, 0.2) is 36.4 Å². The number of hydrogen-bond donors (Lipinski definition) is 1. The van der Waals surface area contributed by atoms with Gasteiger partial charge in [0.2, 0.25) is 11.0 Å². The van der Waals surface area contributed by atoms with E-state index in [-0.39, 0.29) is 12.3 Å². The van der Waals surface area contributed by atoms with E-state index in [0.717, 1.165) is 5.56 Å². The number of anilines is 1. The monoisotopic (exact) mass is 423 g/mol. The molecule has 0 spiro atoms. The van der Waals surface area contributed by atoms with Gasteiger partial charge in [-0.3, -0.25) is 4.79 Å². The van der Waals surface area contributed by atoms with Crippen molar-refractivity contribution in [3.8, 4) is 22.1 Å². The minimum Gasteiger partial charge on any atom is -0.493 e. The summed E-state index contributed by atoms with van der Waals surface area (Å²) >= 11 is 13.3. The molecule has 2 aromatic carbocycles. The Morgan fingerprint density at radius 3 is 2.56 bits per heavy atom. The van der Waals surface area contributed by atoms with Crippen LogP contribution in [-0.4, -0.2) is 30.3 Å². The van der Waals surface area contributed by atoms with E-state index >= 15 is 0 Å². The van der Waals surface area contributed by atoms with E-state index in [1.165, 1.54) is 11.3 Å². The number of nitrogens with zero attached hydrogens (tertiary/aromatic N) is 2. The van der Waals surface area contributed by atoms with Crippen LogP contribution < -0.4 is 14.8 Å². The Hall–Kier alpha value is -2.35. The van der Waals surface area contributed by atoms with Crippen LogP contribution in [0.4, 0.5) is 5.13 Å². The number of carbonyl (C=O) groups excluding carboxylic acids is 1. The summed E-state index contributed by atoms with van der Waals surface area (Å²) in [5.74, 6) is 0.959. The third-order valence-corrected chi connectivity index (χ3v) is 5.07. The predicted octanol–water partition coefficient (Wildman–Crippen LogP) is 4.71. The Kier molecular flexibility index (Phi) is 6.15. The first kappa shape index (κ1) is 19.4. The Morgan fingerprint density at radius 2 is 1.85 bits per heavy atom. The summed E-state index contributed by atoms with van der Waals surface area (Å²) in [5.41, 5.74) is 1.49. The Bertz CT molecular complexity index is 978. The SMILES string of the molecule is COc1ccc(CC(=O)Nc2nnc(-c3ccc(Cl)cc3Cl)s2)cc1OC. The maximum absolute atomic E-state index is 12.3. The molecule has 3 aromatic rings. The standard InChI is InChI=1S/C18H15Cl2N3O3S/c1-25-14-6-3-10(7-15(14)26-2)8-16(24)21-18-23-22-17(27-18)12-5-4-11(19)9-13(12)20/h3-7,9H,8H2,1-2H3,(H,21,23,24). The molecule has 0 saturated heterocycles. The Labute approximate surface area is 170 Å². The van der Waals surface area contributed by atoms with Crippen molar-refractivity contribution in [2.24, 2.45) is 0 Å². The third kappa shape index (κ3) is 4.68. The quantitative estimate of drug-likeness (QED) is 0.621. The minimum atomic E-state index is -0.216. The molecule has 3 rings (SSSR count). The summed E-state index contributed by atoms with van der Waals surface area (Å²) < 4.78 is 10.4. The molecule has 0 radical (unpaired) electrons. The van der Waals surface area contributed by atoms with E-state index in [1.807, 2.05) is 0 Å². The average molecular weight is 424 g/mol. The lowest BCUT2D eigenvalue weighted by atomic mass is 10.1. The lowest BCUT2D eigenvalue weighted by molar-refractivity contribution is -0.115. The number of halogens is 2. The molecular formula is C18H15Cl2N3O3S. The Morgan fingerprint density at radius 1 is 1.07 bits per heavy atom. The highest BCUT2D eigenvalue weighted by atomic mass is 35.5. The second kappa shape index (κ2) is 8.56. The Balaban J connectivity index is 1.69. The summed E-state index contributed by atoms with van der Waals surface area (Å²) in [5, 5.41) is 12.8. The highest BCUT2D eigenvalue weighted by molar-refractivity contribution is 7.18. The van der Waals surface area contributed by atoms with Gasteiger partial charge in [0.05, 0.1) is 25.7 Å². The molecule has 1 amide bonds. The summed E-state index contributed by atoms with van der Waals surface area (Å²) in [6, 6.07) is 10.4. The maximum Gasteiger partial charge on any atom is 0.230 e. The number of amides is 1. The van der Waals surface area contributed by atoms with Crippen molar-refractivity contribution >= 4 is 45.6 Å². The molecule has 0 unspecified atom stereocenters. The van der Waals surface area contributed by atoms with Crippen molar-refractivity contribution in [1.82, 2.24) is 10.2 Å². The molecule has 0 fully saturated rings. The fourth-order valence-corrected chi connectivity index (χ4v) is 3.74. The van der Waals surface area contributed by atoms with Gasteiger partial charge in [-0.05, 0) is 35.9 Å². The van der Waals surface area contributed by atoms with Gasteiger partial charge in [0, 0.05) is 10.6 Å². The topological polar surface area (TPSA) is 73.3 Å². The van der Waals surface area contributed by atoms with Gasteiger partial charge >= 0.3 is 0 Å². The molecule has 0 bridgehead atoms. The molecule has 140 valence electrons. The smallest absolute Gasteiger partial charge is 0.230 e. The zero-order chi connectivity index (χ0) is 19.4. The zero-order valence-corrected chi connectivity index (χ0v) is 16.8. The average Bonchev–Trinajstić information content (AvgIpc) is 3.09. The molecule has 1 heterocycles. The van der Waals surface area contributed by atoms with Gasteiger partial charge in [0.15, 0.2) is 16.5 Å². The second-order valence-corrected chi connectivity index (χ2v) is 7.27. The number of carbonyl (C=O) groups is 1. The number of methoxy groups -OCH3 is 2. The second-order valence-electron chi connectivity index (χ2n) is 5.45. The summed E-state index contributed by atoms with van der Waals surface area (Å²) in [6.45, 7) is 0. The highest BCUT2D eigenvalue weighted by Crippen LogP contribution is 2.33. The fraction of sp³-hybridized carbons (Fsp3) is 0.167. The highest BCUT2D eigenvalue weighted by Gasteiger charge is 2.14. The van der Waals surface area contributed by atoms with Gasteiger partial charge in [-0.2, -0.15) is 0 Å². The number of benzene rings is 2. The van der Waals surface area contributed by atoms with E-state index in [0.29, 0.717) is 37.2 Å². The first-order chi connectivity index (χ1) is 13.0. The van der Waals surface area contributed by atoms with Crippen molar-refractivity contribution in [2.75, 3.05) is 19.5 Å². The van der Waals surface area contributed by atoms with Crippen LogP contribution >= 0.6 is 34.5 Å². The molecule has 0 atom stereocenters. The van der Waals surface area contributed by atoms with Gasteiger partial charge in [-0.25, -0.2) is 0 Å². The number of rotatable bonds is 6. The van der Waals surface area contributed by atoms with Gasteiger partial charge < -0.3 is 14.8 Å². The van der Waals surface area contributed by atoms with Crippen molar-refractivity contribution in [3.63, 3.8) is 0 Å². The summed E-state index contributed by atoms with van der Waals surface area (Å²) in [7, 11) is 3.11. The first-order valence-corrected chi connectivity index (χ1v) is 9.37. The molecule has 0 aliphatic carbocycles. The normalized spacial score (nSPS) is 10.5. The molecule has 1 N–H and O–H groups in total. The van der Waals surface area contributed by atoms with E-state index in [4.69, 9.17) is 32.7 Å². The lowest BCUT2D eigenvalue weighted by Gasteiger charge is -2.09. The molecule has 9 heteroatoms. The van der Waals surface area contributed by atoms with Gasteiger partial charge in [0.1, 0.15) is 0 Å². The largest absolute Gasteiger partial charge is 0.493 e. The van der Waals surface area contributed by atoms with E-state index in [9.17, 15) is 4.79 Å². The van der Waals surface area contributed by atoms with E-state index in [2.05, 4.69) is 15.5 Å². The number of aromatic nitrogens is 2. The van der Waals surface area contributed by atoms with Crippen molar-refractivity contribution in [1.29, 1.82) is 0 Å². The first-order valence-electron chi connectivity index (χ1n) is 7.80. The molecular weight excluding hydrogens is 409 g/mol. The minimum absolute atomic E-state index is 0.164. The number of ether oxygens (including phenoxy) is 2. The maximum atomic E-state index is 12.3. The number of hydrogen-bond acceptors (Lipinski definition) is 6. The molecule has 0 aliphatic heterocycles. The van der Waals surface area contributed by atoms with Gasteiger partial charge in [0.25, 0.3) is 0 Å². The molecule has 27 heavy (non-hydrogen) atoms. The lowest BCUT2D eigenvalue weighted by Crippen LogP contribution is -2.14. The van der Waals surface area contributed by atoms with Crippen LogP contribution in [0, 0.1) is 0 Å². The van der Waals surface area contributed by atoms with Crippen LogP contribution in [-0.2, 0) is 11.2 Å². The molecule has 1 aromatic heterocycles. The van der Waals surface area contributed by atoms with Crippen molar-refractivity contribution < 1.29 is 14.3 Å². The molecule has 6 nitrogen and oxygen atoms in total. The van der Waals surface area contributed by atoms with Crippen LogP contribution in [0.25, 0.3) is 10.6 Å². The van der Waals surface area contributed by atoms with Gasteiger partial charge in [-0.15, -0.1) is 10.2 Å².